The fourth-order valence-corrected chi connectivity index (χ4v) is 6.77. The van der Waals surface area contributed by atoms with E-state index in [4.69, 9.17) is 9.47 Å². The highest BCUT2D eigenvalue weighted by molar-refractivity contribution is 5.75. The summed E-state index contributed by atoms with van der Waals surface area (Å²) < 4.78 is 13.5. The van der Waals surface area contributed by atoms with Crippen LogP contribution < -0.4 is 5.32 Å². The summed E-state index contributed by atoms with van der Waals surface area (Å²) in [5.74, 6) is 0.0642. The molecular weight excluding hydrogens is 602 g/mol. The third-order valence-corrected chi connectivity index (χ3v) is 9.63. The number of nitrogens with one attached hydrogen (secondary N) is 1. The summed E-state index contributed by atoms with van der Waals surface area (Å²) in [6.07, 6.45) is 24.1. The second-order valence-electron chi connectivity index (χ2n) is 13.8. The van der Waals surface area contributed by atoms with E-state index in [1.54, 1.807) is 0 Å². The molecule has 49 heavy (non-hydrogen) atoms. The minimum Gasteiger partial charge on any atom is -0.374 e. The largest absolute Gasteiger partial charge is 0.374 e. The van der Waals surface area contributed by atoms with Crippen molar-refractivity contribution >= 4 is 5.91 Å². The van der Waals surface area contributed by atoms with Gasteiger partial charge >= 0.3 is 0 Å². The Morgan fingerprint density at radius 1 is 0.551 bits per heavy atom. The quantitative estimate of drug-likeness (QED) is 0.0591. The van der Waals surface area contributed by atoms with Crippen LogP contribution in [0, 0.1) is 0 Å². The Morgan fingerprint density at radius 3 is 1.33 bits per heavy atom. The molecule has 270 valence electrons. The maximum atomic E-state index is 12.4. The Labute approximate surface area is 299 Å². The number of unbranched alkanes of at least 4 members (excludes halogenated alkanes) is 16. The van der Waals surface area contributed by atoms with Crippen LogP contribution >= 0.6 is 0 Å². The second kappa shape index (κ2) is 25.9. The molecule has 0 bridgehead atoms. The van der Waals surface area contributed by atoms with E-state index in [0.29, 0.717) is 26.2 Å². The minimum absolute atomic E-state index is 0.0642. The lowest BCUT2D eigenvalue weighted by molar-refractivity contribution is -0.122. The summed E-state index contributed by atoms with van der Waals surface area (Å²) in [4.78, 5) is 12.4. The lowest BCUT2D eigenvalue weighted by Gasteiger charge is -2.37. The normalized spacial score (nSPS) is 12.2. The van der Waals surface area contributed by atoms with E-state index < -0.39 is 5.60 Å². The summed E-state index contributed by atoms with van der Waals surface area (Å²) in [7, 11) is 0. The summed E-state index contributed by atoms with van der Waals surface area (Å²) in [6, 6.07) is 31.3. The van der Waals surface area contributed by atoms with E-state index in [9.17, 15) is 4.79 Å². The van der Waals surface area contributed by atoms with Crippen LogP contribution in [-0.2, 0) is 19.9 Å². The van der Waals surface area contributed by atoms with Crippen LogP contribution in [0.15, 0.2) is 91.0 Å². The summed E-state index contributed by atoms with van der Waals surface area (Å²) in [6.45, 7) is 5.78. The fourth-order valence-electron chi connectivity index (χ4n) is 6.77. The van der Waals surface area contributed by atoms with Crippen LogP contribution in [0.3, 0.4) is 0 Å². The van der Waals surface area contributed by atoms with E-state index in [-0.39, 0.29) is 12.0 Å². The topological polar surface area (TPSA) is 47.6 Å². The Morgan fingerprint density at radius 2 is 0.939 bits per heavy atom. The van der Waals surface area contributed by atoms with Gasteiger partial charge in [0.1, 0.15) is 5.60 Å². The van der Waals surface area contributed by atoms with Gasteiger partial charge < -0.3 is 14.8 Å². The molecule has 4 heteroatoms. The van der Waals surface area contributed by atoms with Crippen molar-refractivity contribution in [2.24, 2.45) is 0 Å². The van der Waals surface area contributed by atoms with E-state index in [0.717, 1.165) is 29.5 Å². The first-order valence-corrected chi connectivity index (χ1v) is 19.9. The van der Waals surface area contributed by atoms with Crippen molar-refractivity contribution in [2.45, 2.75) is 148 Å². The van der Waals surface area contributed by atoms with Crippen molar-refractivity contribution in [1.29, 1.82) is 0 Å². The van der Waals surface area contributed by atoms with Gasteiger partial charge in [0.2, 0.25) is 5.91 Å². The molecule has 0 aromatic heterocycles. The second-order valence-corrected chi connectivity index (χ2v) is 13.8. The molecule has 0 saturated carbocycles. The summed E-state index contributed by atoms with van der Waals surface area (Å²) in [5, 5.41) is 3.10. The van der Waals surface area contributed by atoms with Gasteiger partial charge in [-0.2, -0.15) is 0 Å². The van der Waals surface area contributed by atoms with E-state index in [2.05, 4.69) is 85.0 Å². The number of benzene rings is 3. The Bertz CT molecular complexity index is 1100. The van der Waals surface area contributed by atoms with Gasteiger partial charge in [-0.3, -0.25) is 4.79 Å². The number of ether oxygens (including phenoxy) is 2. The standard InChI is InChI=1S/C45H67NO3/c1-3-5-6-7-8-9-10-11-12-13-14-15-16-17-18-19-29-37-48-43(38-46-44(47)30-4-2)39-49-45(40-31-23-20-24-32-40,41-33-25-21-26-34-41)42-35-27-22-28-36-42/h20-28,31-36,43H,3-19,29-30,37-39H2,1-2H3,(H,46,47). The molecule has 0 radical (unpaired) electrons. The van der Waals surface area contributed by atoms with Gasteiger partial charge in [0, 0.05) is 19.6 Å². The molecule has 3 aromatic rings. The smallest absolute Gasteiger partial charge is 0.220 e. The summed E-state index contributed by atoms with van der Waals surface area (Å²) in [5.41, 5.74) is 2.38. The fraction of sp³-hybridized carbons (Fsp3) is 0.578. The van der Waals surface area contributed by atoms with Crippen LogP contribution in [0.4, 0.5) is 0 Å². The van der Waals surface area contributed by atoms with Gasteiger partial charge in [-0.05, 0) is 29.5 Å². The molecule has 1 unspecified atom stereocenters. The van der Waals surface area contributed by atoms with Crippen LogP contribution in [0.1, 0.15) is 153 Å². The molecule has 3 rings (SSSR count). The van der Waals surface area contributed by atoms with Gasteiger partial charge in [0.05, 0.1) is 12.7 Å². The highest BCUT2D eigenvalue weighted by Gasteiger charge is 2.38. The third kappa shape index (κ3) is 15.6. The van der Waals surface area contributed by atoms with Crippen molar-refractivity contribution in [3.8, 4) is 0 Å². The number of carbonyl (C=O) groups excluding carboxylic acids is 1. The first-order chi connectivity index (χ1) is 24.2. The van der Waals surface area contributed by atoms with Crippen molar-refractivity contribution in [3.63, 3.8) is 0 Å². The van der Waals surface area contributed by atoms with Gasteiger partial charge in [-0.25, -0.2) is 0 Å². The zero-order valence-electron chi connectivity index (χ0n) is 31.0. The van der Waals surface area contributed by atoms with Gasteiger partial charge in [0.15, 0.2) is 0 Å². The first kappa shape index (κ1) is 40.5. The molecular formula is C45H67NO3. The predicted molar refractivity (Wildman–Crippen MR) is 207 cm³/mol. The highest BCUT2D eigenvalue weighted by Crippen LogP contribution is 2.40. The van der Waals surface area contributed by atoms with E-state index in [1.807, 2.05) is 25.1 Å². The van der Waals surface area contributed by atoms with Gasteiger partial charge in [-0.15, -0.1) is 0 Å². The van der Waals surface area contributed by atoms with Crippen LogP contribution in [0.5, 0.6) is 0 Å². The molecule has 0 saturated heterocycles. The highest BCUT2D eigenvalue weighted by atomic mass is 16.5. The first-order valence-electron chi connectivity index (χ1n) is 19.9. The maximum absolute atomic E-state index is 12.4. The van der Waals surface area contributed by atoms with Crippen molar-refractivity contribution in [2.75, 3.05) is 19.8 Å². The SMILES string of the molecule is CCCCCCCCCCCCCCCCCCCOC(CNC(=O)CCC)COC(c1ccccc1)(c1ccccc1)c1ccccc1. The van der Waals surface area contributed by atoms with Crippen LogP contribution in [0.2, 0.25) is 0 Å². The number of rotatable bonds is 29. The lowest BCUT2D eigenvalue weighted by atomic mass is 9.80. The lowest BCUT2D eigenvalue weighted by Crippen LogP contribution is -2.41. The number of amides is 1. The Hall–Kier alpha value is -2.95. The molecule has 0 aliphatic rings. The zero-order chi connectivity index (χ0) is 34.7. The Balaban J connectivity index is 1.46. The number of carbonyl (C=O) groups is 1. The van der Waals surface area contributed by atoms with Crippen molar-refractivity contribution in [1.82, 2.24) is 5.32 Å². The van der Waals surface area contributed by atoms with Crippen molar-refractivity contribution in [3.05, 3.63) is 108 Å². The molecule has 0 aliphatic carbocycles. The molecule has 1 atom stereocenters. The molecule has 4 nitrogen and oxygen atoms in total. The maximum Gasteiger partial charge on any atom is 0.220 e. The molecule has 1 N–H and O–H groups in total. The molecule has 0 aliphatic heterocycles. The van der Waals surface area contributed by atoms with Crippen molar-refractivity contribution < 1.29 is 14.3 Å². The molecule has 0 spiro atoms. The van der Waals surface area contributed by atoms with Crippen LogP contribution in [0.25, 0.3) is 0 Å². The monoisotopic (exact) mass is 670 g/mol. The van der Waals surface area contributed by atoms with Gasteiger partial charge in [0.25, 0.3) is 0 Å². The molecule has 0 fully saturated rings. The Kier molecular flexibility index (Phi) is 21.4. The zero-order valence-corrected chi connectivity index (χ0v) is 31.0. The summed E-state index contributed by atoms with van der Waals surface area (Å²) >= 11 is 0. The van der Waals surface area contributed by atoms with E-state index in [1.165, 1.54) is 103 Å². The number of hydrogen-bond acceptors (Lipinski definition) is 3. The molecule has 1 amide bonds. The third-order valence-electron chi connectivity index (χ3n) is 9.63. The average Bonchev–Trinajstić information content (AvgIpc) is 3.14. The molecule has 3 aromatic carbocycles. The average molecular weight is 670 g/mol. The minimum atomic E-state index is -0.813. The predicted octanol–water partition coefficient (Wildman–Crippen LogP) is 11.9. The van der Waals surface area contributed by atoms with Gasteiger partial charge in [-0.1, -0.05) is 208 Å². The number of hydrogen-bond donors (Lipinski definition) is 1. The molecule has 0 heterocycles. The van der Waals surface area contributed by atoms with Crippen LogP contribution in [-0.4, -0.2) is 31.8 Å². The van der Waals surface area contributed by atoms with E-state index >= 15 is 0 Å².